The molecule has 0 amide bonds. The molecule has 0 aliphatic carbocycles. The van der Waals surface area contributed by atoms with Crippen LogP contribution in [0.25, 0.3) is 0 Å². The van der Waals surface area contributed by atoms with Crippen molar-refractivity contribution >= 4 is 96.2 Å². The first-order chi connectivity index (χ1) is 45.7. The normalized spacial score (nSPS) is 8.36. The number of aromatic carboxylic acids is 5. The van der Waals surface area contributed by atoms with Gasteiger partial charge in [-0.2, -0.15) is 86.9 Å². The van der Waals surface area contributed by atoms with E-state index >= 15 is 0 Å². The highest BCUT2D eigenvalue weighted by molar-refractivity contribution is 6.11. The maximum absolute atomic E-state index is 12.2. The first-order valence-corrected chi connectivity index (χ1v) is 25.5. The number of benzene rings is 8. The van der Waals surface area contributed by atoms with Crippen LogP contribution < -0.4 is 0 Å². The predicted octanol–water partition coefficient (Wildman–Crippen LogP) is 8.32. The van der Waals surface area contributed by atoms with Crippen molar-refractivity contribution in [1.29, 1.82) is 0 Å². The molecule has 8 aromatic rings. The molecule has 0 heterocycles. The van der Waals surface area contributed by atoms with Crippen molar-refractivity contribution in [2.24, 2.45) is 10.2 Å². The van der Waals surface area contributed by atoms with Crippen LogP contribution in [0.15, 0.2) is 204 Å². The van der Waals surface area contributed by atoms with E-state index in [4.69, 9.17) is 102 Å². The third kappa shape index (κ3) is 43.1. The summed E-state index contributed by atoms with van der Waals surface area (Å²) in [6.07, 6.45) is 3.53. The number of carboxylic acid groups (broad SMARTS) is 5. The van der Waals surface area contributed by atoms with Crippen LogP contribution in [0.1, 0.15) is 107 Å². The molecule has 0 atom stereocenters. The van der Waals surface area contributed by atoms with Gasteiger partial charge < -0.3 is 25.5 Å². The standard InChI is InChI=1S/C15H10O5.2C15H14O2.C14H12N2O2.8CO2/c16-13(9-4-2-1-3-5-9)10-6-11(14(17)18)8-12(7-10)15(19)20;2*1-11-7-13(10-14(8-11)15(16)17)9-12-5-3-2-4-6-12;1-10-7-11(14(17)18)9-13(8-10)16-15-12-5-3-2-4-6-12;8*2-1-3/h1-8H,(H,17,18)(H,19,20);2*2-8,10H,9H2,1H3,(H,16,17);2-9H,1H3,(H,17,18);;;;;;;;. The Morgan fingerprint density at radius 3 is 0.802 bits per heavy atom. The number of hydrogen-bond donors (Lipinski definition) is 5. The molecule has 8 rings (SSSR count). The highest BCUT2D eigenvalue weighted by Crippen LogP contribution is 2.22. The highest BCUT2D eigenvalue weighted by atomic mass is 16.4. The Morgan fingerprint density at radius 2 is 0.500 bits per heavy atom. The summed E-state index contributed by atoms with van der Waals surface area (Å²) in [6.45, 7) is 5.66. The number of carbonyl (C=O) groups is 6. The maximum atomic E-state index is 12.2. The topological polar surface area (TPSA) is 501 Å². The second-order valence-electron chi connectivity index (χ2n) is 17.0. The van der Waals surface area contributed by atoms with Gasteiger partial charge in [0.05, 0.1) is 39.2 Å². The molecular weight excluding hydrogens is 1260 g/mol. The Labute approximate surface area is 541 Å². The molecule has 29 heteroatoms. The molecule has 0 aliphatic rings. The van der Waals surface area contributed by atoms with Crippen LogP contribution in [0.5, 0.6) is 0 Å². The van der Waals surface area contributed by atoms with Crippen molar-refractivity contribution in [3.8, 4) is 0 Å². The predicted molar refractivity (Wildman–Crippen MR) is 314 cm³/mol. The maximum Gasteiger partial charge on any atom is 0.373 e. The van der Waals surface area contributed by atoms with Crippen LogP contribution in [-0.4, -0.2) is 110 Å². The molecule has 0 spiro atoms. The lowest BCUT2D eigenvalue weighted by Gasteiger charge is -2.05. The van der Waals surface area contributed by atoms with Crippen LogP contribution >= 0.6 is 0 Å². The van der Waals surface area contributed by atoms with E-state index in [-0.39, 0.29) is 71.5 Å². The number of nitrogens with zero attached hydrogens (tertiary/aromatic N) is 2. The van der Waals surface area contributed by atoms with Crippen LogP contribution in [0.3, 0.4) is 0 Å². The van der Waals surface area contributed by atoms with Gasteiger partial charge >= 0.3 is 79.1 Å². The van der Waals surface area contributed by atoms with Gasteiger partial charge in [-0.15, -0.1) is 0 Å². The van der Waals surface area contributed by atoms with E-state index in [0.29, 0.717) is 22.4 Å². The fourth-order valence-electron chi connectivity index (χ4n) is 7.16. The molecule has 0 saturated heterocycles. The monoisotopic (exact) mass is 1310 g/mol. The van der Waals surface area contributed by atoms with Gasteiger partial charge in [-0.25, -0.2) is 24.0 Å². The number of carbonyl (C=O) groups excluding carboxylic acids is 17. The van der Waals surface area contributed by atoms with Crippen molar-refractivity contribution in [2.45, 2.75) is 33.6 Å². The van der Waals surface area contributed by atoms with Gasteiger partial charge in [0, 0.05) is 11.1 Å². The van der Waals surface area contributed by atoms with E-state index in [1.54, 1.807) is 66.7 Å². The summed E-state index contributed by atoms with van der Waals surface area (Å²) in [5, 5.41) is 53.0. The summed E-state index contributed by atoms with van der Waals surface area (Å²) in [7, 11) is 0. The van der Waals surface area contributed by atoms with Gasteiger partial charge in [0.2, 0.25) is 0 Å². The lowest BCUT2D eigenvalue weighted by molar-refractivity contribution is -0.193. The fourth-order valence-corrected chi connectivity index (χ4v) is 7.16. The van der Waals surface area contributed by atoms with Crippen LogP contribution in [0, 0.1) is 20.8 Å². The van der Waals surface area contributed by atoms with Crippen molar-refractivity contribution in [2.75, 3.05) is 0 Å². The molecule has 0 aromatic heterocycles. The van der Waals surface area contributed by atoms with Gasteiger partial charge in [-0.3, -0.25) is 4.79 Å². The van der Waals surface area contributed by atoms with E-state index in [1.807, 2.05) is 124 Å². The minimum absolute atomic E-state index is 0.0356. The van der Waals surface area contributed by atoms with E-state index in [9.17, 15) is 28.8 Å². The summed E-state index contributed by atoms with van der Waals surface area (Å²) >= 11 is 0. The second kappa shape index (κ2) is 55.7. The Bertz CT molecular complexity index is 3790. The zero-order valence-corrected chi connectivity index (χ0v) is 50.0. The smallest absolute Gasteiger partial charge is 0.373 e. The molecular formula is C67H50N2O27. The van der Waals surface area contributed by atoms with Crippen LogP contribution in [0.2, 0.25) is 0 Å². The third-order valence-electron chi connectivity index (χ3n) is 10.3. The largest absolute Gasteiger partial charge is 0.478 e. The average molecular weight is 1320 g/mol. The van der Waals surface area contributed by atoms with Crippen LogP contribution in [-0.2, 0) is 89.6 Å². The summed E-state index contributed by atoms with van der Waals surface area (Å²) in [6, 6.07) is 56.8. The van der Waals surface area contributed by atoms with Gasteiger partial charge in [0.1, 0.15) is 0 Å². The number of ketones is 1. The molecule has 0 aliphatic heterocycles. The first-order valence-electron chi connectivity index (χ1n) is 25.5. The lowest BCUT2D eigenvalue weighted by atomic mass is 9.98. The van der Waals surface area contributed by atoms with Gasteiger partial charge in [-0.05, 0) is 145 Å². The fraction of sp³-hybridized carbons (Fsp3) is 0.0746. The molecule has 5 N–H and O–H groups in total. The minimum atomic E-state index is -1.28. The van der Waals surface area contributed by atoms with Crippen molar-refractivity contribution in [3.63, 3.8) is 0 Å². The van der Waals surface area contributed by atoms with Gasteiger partial charge in [0.15, 0.2) is 5.78 Å². The summed E-state index contributed by atoms with van der Waals surface area (Å²) in [5.74, 6) is -5.69. The van der Waals surface area contributed by atoms with Gasteiger partial charge in [-0.1, -0.05) is 121 Å². The van der Waals surface area contributed by atoms with Crippen molar-refractivity contribution in [1.82, 2.24) is 0 Å². The minimum Gasteiger partial charge on any atom is -0.478 e. The number of carboxylic acids is 5. The Hall–Kier alpha value is -14.6. The Kier molecular flexibility index (Phi) is 51.0. The molecule has 8 aromatic carbocycles. The zero-order chi connectivity index (χ0) is 73.8. The second-order valence-corrected chi connectivity index (χ2v) is 17.0. The van der Waals surface area contributed by atoms with Crippen molar-refractivity contribution in [3.05, 3.63) is 272 Å². The molecule has 490 valence electrons. The zero-order valence-electron chi connectivity index (χ0n) is 50.0. The Balaban J connectivity index is -0.000000528. The summed E-state index contributed by atoms with van der Waals surface area (Å²) in [5.41, 5.74) is 9.40. The summed E-state index contributed by atoms with van der Waals surface area (Å²) < 4.78 is 0. The molecule has 0 fully saturated rings. The SMILES string of the molecule is Cc1cc(Cc2ccccc2)cc(C(=O)O)c1.Cc1cc(Cc2ccccc2)cc(C(=O)O)c1.Cc1cc(N=Nc2ccccc2)cc(C(=O)O)c1.O=C(O)c1cc(C(=O)O)cc(C(=O)c2ccccc2)c1.O=C=O.O=C=O.O=C=O.O=C=O.O=C=O.O=C=O.O=C=O.O=C=O. The molecule has 0 radical (unpaired) electrons. The van der Waals surface area contributed by atoms with E-state index in [0.717, 1.165) is 52.4 Å². The molecule has 0 unspecified atom stereocenters. The van der Waals surface area contributed by atoms with Crippen molar-refractivity contribution < 1.29 is 131 Å². The summed E-state index contributed by atoms with van der Waals surface area (Å²) in [4.78, 5) is 197. The molecule has 96 heavy (non-hydrogen) atoms. The molecule has 0 bridgehead atoms. The number of rotatable bonds is 13. The van der Waals surface area contributed by atoms with E-state index in [2.05, 4.69) is 10.2 Å². The van der Waals surface area contributed by atoms with E-state index in [1.165, 1.54) is 29.3 Å². The highest BCUT2D eigenvalue weighted by Gasteiger charge is 2.17. The Morgan fingerprint density at radius 1 is 0.260 bits per heavy atom. The van der Waals surface area contributed by atoms with Crippen LogP contribution in [0.4, 0.5) is 11.4 Å². The van der Waals surface area contributed by atoms with E-state index < -0.39 is 35.6 Å². The molecule has 29 nitrogen and oxygen atoms in total. The average Bonchev–Trinajstić information content (AvgIpc) is 0.845. The third-order valence-corrected chi connectivity index (χ3v) is 10.3. The lowest BCUT2D eigenvalue weighted by Crippen LogP contribution is -2.08. The first kappa shape index (κ1) is 87.9. The molecule has 0 saturated carbocycles. The number of hydrogen-bond acceptors (Lipinski definition) is 24. The number of azo groups is 1. The number of aryl methyl sites for hydroxylation is 3. The van der Waals surface area contributed by atoms with Gasteiger partial charge in [0.25, 0.3) is 0 Å². The quantitative estimate of drug-likeness (QED) is 0.0534.